The van der Waals surface area contributed by atoms with Crippen LogP contribution < -0.4 is 0 Å². The first-order valence-corrected chi connectivity index (χ1v) is 7.98. The van der Waals surface area contributed by atoms with Gasteiger partial charge in [0.15, 0.2) is 0 Å². The molecule has 0 saturated heterocycles. The van der Waals surface area contributed by atoms with Crippen LogP contribution >= 0.6 is 27.5 Å². The van der Waals surface area contributed by atoms with Gasteiger partial charge in [0, 0.05) is 23.2 Å². The van der Waals surface area contributed by atoms with E-state index in [9.17, 15) is 8.78 Å². The van der Waals surface area contributed by atoms with Crippen molar-refractivity contribution in [2.75, 3.05) is 0 Å². The van der Waals surface area contributed by atoms with Crippen molar-refractivity contribution < 1.29 is 8.78 Å². The lowest BCUT2D eigenvalue weighted by molar-refractivity contribution is 0.330. The molecule has 0 fully saturated rings. The molecule has 2 aromatic heterocycles. The Labute approximate surface area is 138 Å². The summed E-state index contributed by atoms with van der Waals surface area (Å²) in [5, 5.41) is 0.601. The average molecular weight is 384 g/mol. The molecule has 1 aliphatic rings. The summed E-state index contributed by atoms with van der Waals surface area (Å²) < 4.78 is 30.1. The number of fused-ring (bicyclic) bond motifs is 3. The highest BCUT2D eigenvalue weighted by Gasteiger charge is 2.37. The fourth-order valence-electron chi connectivity index (χ4n) is 3.12. The number of aromatic nitrogens is 2. The maximum atomic E-state index is 14.4. The summed E-state index contributed by atoms with van der Waals surface area (Å²) in [5.74, 6) is -0.605. The summed E-state index contributed by atoms with van der Waals surface area (Å²) in [5.41, 5.74) is 2.40. The molecule has 2 heterocycles. The van der Waals surface area contributed by atoms with Crippen LogP contribution in [0.4, 0.5) is 8.78 Å². The van der Waals surface area contributed by atoms with Gasteiger partial charge in [-0.3, -0.25) is 0 Å². The molecule has 1 aromatic carbocycles. The summed E-state index contributed by atoms with van der Waals surface area (Å²) in [6.07, 6.45) is 0.732. The first-order chi connectivity index (χ1) is 10.6. The largest absolute Gasteiger partial charge is 0.302 e. The minimum Gasteiger partial charge on any atom is -0.302 e. The molecular formula is C16H10BrClF2N2. The third kappa shape index (κ3) is 1.99. The van der Waals surface area contributed by atoms with Gasteiger partial charge in [-0.05, 0) is 34.0 Å². The number of imidazole rings is 1. The molecule has 3 aromatic rings. The molecule has 112 valence electrons. The van der Waals surface area contributed by atoms with E-state index in [-0.39, 0.29) is 5.92 Å². The van der Waals surface area contributed by atoms with Crippen LogP contribution in [0.15, 0.2) is 41.0 Å². The highest BCUT2D eigenvalue weighted by atomic mass is 79.9. The van der Waals surface area contributed by atoms with Gasteiger partial charge < -0.3 is 4.40 Å². The molecule has 4 rings (SSSR count). The number of hydrogen-bond donors (Lipinski definition) is 0. The Morgan fingerprint density at radius 3 is 2.86 bits per heavy atom. The summed E-state index contributed by atoms with van der Waals surface area (Å²) in [6.45, 7) is 0. The van der Waals surface area contributed by atoms with Gasteiger partial charge in [0.1, 0.15) is 17.6 Å². The molecule has 1 aliphatic carbocycles. The van der Waals surface area contributed by atoms with Gasteiger partial charge in [0.05, 0.1) is 15.9 Å². The quantitative estimate of drug-likeness (QED) is 0.547. The molecule has 0 saturated carbocycles. The van der Waals surface area contributed by atoms with Crippen molar-refractivity contribution in [3.63, 3.8) is 0 Å². The van der Waals surface area contributed by atoms with Crippen molar-refractivity contribution in [2.24, 2.45) is 0 Å². The summed E-state index contributed by atoms with van der Waals surface area (Å²) in [4.78, 5) is 4.27. The van der Waals surface area contributed by atoms with Crippen LogP contribution in [0.25, 0.3) is 5.65 Å². The average Bonchev–Trinajstić information content (AvgIpc) is 2.99. The maximum Gasteiger partial charge on any atom is 0.145 e. The zero-order chi connectivity index (χ0) is 15.4. The summed E-state index contributed by atoms with van der Waals surface area (Å²) in [6, 6.07) is 8.72. The Kier molecular flexibility index (Phi) is 3.24. The van der Waals surface area contributed by atoms with E-state index in [1.54, 1.807) is 16.7 Å². The molecule has 0 N–H and O–H groups in total. The Morgan fingerprint density at radius 1 is 1.32 bits per heavy atom. The van der Waals surface area contributed by atoms with E-state index in [4.69, 9.17) is 11.6 Å². The zero-order valence-electron chi connectivity index (χ0n) is 11.2. The third-order valence-electron chi connectivity index (χ3n) is 4.08. The number of pyridine rings is 1. The number of alkyl halides is 1. The number of rotatable bonds is 1. The number of benzene rings is 1. The smallest absolute Gasteiger partial charge is 0.145 e. The second kappa shape index (κ2) is 5.03. The SMILES string of the molecule is Fc1cc2nc3c(n2cc1Br)[C@H](c1ccccc1Cl)C[C@H]3F. The first kappa shape index (κ1) is 14.2. The topological polar surface area (TPSA) is 17.3 Å². The lowest BCUT2D eigenvalue weighted by atomic mass is 9.96. The number of nitrogens with zero attached hydrogens (tertiary/aromatic N) is 2. The molecule has 0 bridgehead atoms. The van der Waals surface area contributed by atoms with Crippen LogP contribution in [0.3, 0.4) is 0 Å². The monoisotopic (exact) mass is 382 g/mol. The van der Waals surface area contributed by atoms with Crippen LogP contribution in [-0.4, -0.2) is 9.38 Å². The minimum atomic E-state index is -1.17. The molecule has 0 amide bonds. The van der Waals surface area contributed by atoms with Crippen LogP contribution in [-0.2, 0) is 0 Å². The van der Waals surface area contributed by atoms with E-state index in [2.05, 4.69) is 20.9 Å². The second-order valence-corrected chi connectivity index (χ2v) is 6.62. The molecule has 2 atom stereocenters. The van der Waals surface area contributed by atoms with Crippen molar-refractivity contribution in [1.82, 2.24) is 9.38 Å². The van der Waals surface area contributed by atoms with Crippen LogP contribution in [0.2, 0.25) is 5.02 Å². The molecule has 6 heteroatoms. The fourth-order valence-corrected chi connectivity index (χ4v) is 3.70. The maximum absolute atomic E-state index is 14.4. The highest BCUT2D eigenvalue weighted by molar-refractivity contribution is 9.10. The predicted molar refractivity (Wildman–Crippen MR) is 84.6 cm³/mol. The van der Waals surface area contributed by atoms with Gasteiger partial charge in [-0.2, -0.15) is 0 Å². The lowest BCUT2D eigenvalue weighted by Gasteiger charge is -2.14. The highest BCUT2D eigenvalue weighted by Crippen LogP contribution is 2.47. The third-order valence-corrected chi connectivity index (χ3v) is 5.01. The van der Waals surface area contributed by atoms with Crippen molar-refractivity contribution in [1.29, 1.82) is 0 Å². The van der Waals surface area contributed by atoms with Crippen molar-refractivity contribution >= 4 is 33.2 Å². The van der Waals surface area contributed by atoms with Gasteiger partial charge in [-0.15, -0.1) is 0 Å². The molecule has 2 nitrogen and oxygen atoms in total. The van der Waals surface area contributed by atoms with Gasteiger partial charge in [-0.1, -0.05) is 29.8 Å². The summed E-state index contributed by atoms with van der Waals surface area (Å²) >= 11 is 9.44. The molecule has 0 aliphatic heterocycles. The normalized spacial score (nSPS) is 20.5. The fraction of sp³-hybridized carbons (Fsp3) is 0.188. The van der Waals surface area contributed by atoms with E-state index in [1.807, 2.05) is 18.2 Å². The number of halogens is 4. The Morgan fingerprint density at radius 2 is 2.09 bits per heavy atom. The van der Waals surface area contributed by atoms with Crippen LogP contribution in [0.1, 0.15) is 35.5 Å². The predicted octanol–water partition coefficient (Wildman–Crippen LogP) is 5.44. The van der Waals surface area contributed by atoms with E-state index in [0.717, 1.165) is 11.3 Å². The van der Waals surface area contributed by atoms with Crippen molar-refractivity contribution in [3.05, 3.63) is 68.8 Å². The zero-order valence-corrected chi connectivity index (χ0v) is 13.6. The molecule has 0 radical (unpaired) electrons. The van der Waals surface area contributed by atoms with Crippen LogP contribution in [0, 0.1) is 5.82 Å². The minimum absolute atomic E-state index is 0.189. The van der Waals surface area contributed by atoms with Gasteiger partial charge in [0.25, 0.3) is 0 Å². The van der Waals surface area contributed by atoms with E-state index in [1.165, 1.54) is 6.07 Å². The Bertz CT molecular complexity index is 893. The number of hydrogen-bond acceptors (Lipinski definition) is 1. The first-order valence-electron chi connectivity index (χ1n) is 6.81. The van der Waals surface area contributed by atoms with Gasteiger partial charge in [-0.25, -0.2) is 13.8 Å². The second-order valence-electron chi connectivity index (χ2n) is 5.36. The van der Waals surface area contributed by atoms with Crippen molar-refractivity contribution in [3.8, 4) is 0 Å². The molecule has 22 heavy (non-hydrogen) atoms. The van der Waals surface area contributed by atoms with E-state index in [0.29, 0.717) is 27.3 Å². The van der Waals surface area contributed by atoms with Crippen LogP contribution in [0.5, 0.6) is 0 Å². The molecular weight excluding hydrogens is 374 g/mol. The molecule has 0 spiro atoms. The lowest BCUT2D eigenvalue weighted by Crippen LogP contribution is -2.02. The summed E-state index contributed by atoms with van der Waals surface area (Å²) in [7, 11) is 0. The van der Waals surface area contributed by atoms with E-state index >= 15 is 0 Å². The molecule has 0 unspecified atom stereocenters. The van der Waals surface area contributed by atoms with Gasteiger partial charge in [0.2, 0.25) is 0 Å². The Balaban J connectivity index is 1.98. The Hall–Kier alpha value is -1.46. The van der Waals surface area contributed by atoms with Gasteiger partial charge >= 0.3 is 0 Å². The van der Waals surface area contributed by atoms with Crippen molar-refractivity contribution in [2.45, 2.75) is 18.5 Å². The van der Waals surface area contributed by atoms with E-state index < -0.39 is 12.0 Å². The standard InChI is InChI=1S/C16H10BrClF2N2/c17-10-7-22-14(6-12(10)19)21-15-13(20)5-9(16(15)22)8-3-1-2-4-11(8)18/h1-4,6-7,9,13H,5H2/t9-,13+/m0/s1.